The zero-order valence-electron chi connectivity index (χ0n) is 24.0. The van der Waals surface area contributed by atoms with E-state index in [1.807, 2.05) is 43.3 Å². The highest BCUT2D eigenvalue weighted by molar-refractivity contribution is 5.92. The summed E-state index contributed by atoms with van der Waals surface area (Å²) in [5.74, 6) is 7.05. The van der Waals surface area contributed by atoms with E-state index in [1.165, 1.54) is 11.0 Å². The van der Waals surface area contributed by atoms with Crippen LogP contribution in [0.4, 0.5) is 17.5 Å². The smallest absolute Gasteiger partial charge is 0.246 e. The minimum atomic E-state index is -0.569. The van der Waals surface area contributed by atoms with Crippen LogP contribution in [0.25, 0.3) is 11.0 Å². The molecule has 0 saturated heterocycles. The first-order valence-electron chi connectivity index (χ1n) is 13.5. The number of aromatic nitrogens is 2. The molecule has 0 radical (unpaired) electrons. The fraction of sp³-hybridized carbons (Fsp3) is 0.400. The average molecular weight is 546 g/mol. The molecule has 1 aromatic carbocycles. The van der Waals surface area contributed by atoms with Crippen molar-refractivity contribution >= 4 is 40.2 Å². The van der Waals surface area contributed by atoms with Crippen LogP contribution in [0.15, 0.2) is 53.3 Å². The van der Waals surface area contributed by atoms with E-state index in [2.05, 4.69) is 44.7 Å². The molecule has 212 valence electrons. The maximum Gasteiger partial charge on any atom is 0.246 e. The van der Waals surface area contributed by atoms with Crippen LogP contribution >= 0.6 is 0 Å². The molecular weight excluding hydrogens is 506 g/mol. The Kier molecular flexibility index (Phi) is 11.5. The quantitative estimate of drug-likeness (QED) is 0.168. The second-order valence-electron chi connectivity index (χ2n) is 9.67. The number of hydrogen-bond donors (Lipinski definition) is 3. The number of nitrogens with one attached hydrogen (secondary N) is 3. The van der Waals surface area contributed by atoms with Gasteiger partial charge in [-0.2, -0.15) is 4.98 Å². The Balaban J connectivity index is 1.51. The van der Waals surface area contributed by atoms with Crippen LogP contribution in [0.3, 0.4) is 0 Å². The summed E-state index contributed by atoms with van der Waals surface area (Å²) >= 11 is 0. The molecule has 3 N–H and O–H groups in total. The lowest BCUT2D eigenvalue weighted by Gasteiger charge is -2.23. The summed E-state index contributed by atoms with van der Waals surface area (Å²) in [7, 11) is 5.48. The van der Waals surface area contributed by atoms with Crippen LogP contribution in [0, 0.1) is 11.8 Å². The summed E-state index contributed by atoms with van der Waals surface area (Å²) < 4.78 is 5.40. The maximum absolute atomic E-state index is 12.5. The van der Waals surface area contributed by atoms with Crippen molar-refractivity contribution in [3.63, 3.8) is 0 Å². The van der Waals surface area contributed by atoms with Crippen molar-refractivity contribution in [3.8, 4) is 11.8 Å². The molecule has 0 aliphatic heterocycles. The first kappa shape index (κ1) is 30.2. The van der Waals surface area contributed by atoms with Crippen molar-refractivity contribution in [2.45, 2.75) is 39.2 Å². The molecule has 10 heteroatoms. The molecule has 10 nitrogen and oxygen atoms in total. The van der Waals surface area contributed by atoms with Gasteiger partial charge in [0, 0.05) is 50.3 Å². The normalized spacial score (nSPS) is 11.8. The number of hydrogen-bond acceptors (Lipinski definition) is 8. The van der Waals surface area contributed by atoms with Gasteiger partial charge in [-0.15, -0.1) is 0 Å². The fourth-order valence-corrected chi connectivity index (χ4v) is 3.63. The van der Waals surface area contributed by atoms with Crippen LogP contribution < -0.4 is 16.0 Å². The molecule has 2 heterocycles. The van der Waals surface area contributed by atoms with Crippen molar-refractivity contribution in [1.82, 2.24) is 25.1 Å². The van der Waals surface area contributed by atoms with Crippen molar-refractivity contribution in [3.05, 3.63) is 54.4 Å². The van der Waals surface area contributed by atoms with Crippen LogP contribution in [-0.4, -0.2) is 78.4 Å². The van der Waals surface area contributed by atoms with Crippen LogP contribution in [-0.2, 0) is 9.59 Å². The van der Waals surface area contributed by atoms with Crippen LogP contribution in [0.5, 0.6) is 0 Å². The van der Waals surface area contributed by atoms with E-state index in [9.17, 15) is 9.59 Å². The first-order chi connectivity index (χ1) is 19.3. The molecule has 0 unspecified atom stereocenters. The Morgan fingerprint density at radius 3 is 2.77 bits per heavy atom. The van der Waals surface area contributed by atoms with Gasteiger partial charge in [0.15, 0.2) is 0 Å². The average Bonchev–Trinajstić information content (AvgIpc) is 3.41. The molecule has 40 heavy (non-hydrogen) atoms. The van der Waals surface area contributed by atoms with Gasteiger partial charge in [-0.25, -0.2) is 4.98 Å². The third-order valence-electron chi connectivity index (χ3n) is 6.08. The van der Waals surface area contributed by atoms with E-state index in [1.54, 1.807) is 32.5 Å². The molecule has 0 saturated carbocycles. The van der Waals surface area contributed by atoms with Crippen LogP contribution in [0.2, 0.25) is 0 Å². The van der Waals surface area contributed by atoms with Gasteiger partial charge in [0.25, 0.3) is 0 Å². The summed E-state index contributed by atoms with van der Waals surface area (Å²) in [6.45, 7) is 5.69. The fourth-order valence-electron chi connectivity index (χ4n) is 3.63. The number of nitrogens with zero attached hydrogens (tertiary/aromatic N) is 4. The number of carbonyl (C=O) groups is 2. The Bertz CT molecular complexity index is 1370. The van der Waals surface area contributed by atoms with Gasteiger partial charge in [0.2, 0.25) is 17.8 Å². The molecule has 0 spiro atoms. The SMILES string of the molecule is CCCNc1nc(Nc2ccc3occc3c2)ncc1C#CCCCNC(=O)[C@H](C)N(C)C(=O)C=CCN(C)C. The largest absolute Gasteiger partial charge is 0.464 e. The van der Waals surface area contributed by atoms with Gasteiger partial charge in [-0.3, -0.25) is 9.59 Å². The molecule has 0 aliphatic rings. The number of anilines is 3. The molecule has 1 atom stereocenters. The number of carbonyl (C=O) groups excluding carboxylic acids is 2. The lowest BCUT2D eigenvalue weighted by molar-refractivity contribution is -0.135. The summed E-state index contributed by atoms with van der Waals surface area (Å²) in [5, 5.41) is 10.4. The van der Waals surface area contributed by atoms with Gasteiger partial charge in [-0.05, 0) is 58.1 Å². The van der Waals surface area contributed by atoms with Gasteiger partial charge < -0.3 is 30.2 Å². The number of benzene rings is 1. The summed E-state index contributed by atoms with van der Waals surface area (Å²) in [6, 6.07) is 7.14. The van der Waals surface area contributed by atoms with Gasteiger partial charge >= 0.3 is 0 Å². The lowest BCUT2D eigenvalue weighted by Crippen LogP contribution is -2.45. The number of amides is 2. The Labute approximate surface area is 236 Å². The Morgan fingerprint density at radius 2 is 2.00 bits per heavy atom. The maximum atomic E-state index is 12.5. The predicted molar refractivity (Wildman–Crippen MR) is 159 cm³/mol. The summed E-state index contributed by atoms with van der Waals surface area (Å²) in [4.78, 5) is 37.2. The molecule has 3 aromatic rings. The number of furan rings is 1. The van der Waals surface area contributed by atoms with E-state index in [-0.39, 0.29) is 11.8 Å². The van der Waals surface area contributed by atoms with E-state index in [4.69, 9.17) is 4.42 Å². The Hall–Kier alpha value is -4.36. The number of fused-ring (bicyclic) bond motifs is 1. The molecule has 0 aliphatic carbocycles. The lowest BCUT2D eigenvalue weighted by atomic mass is 10.2. The van der Waals surface area contributed by atoms with Gasteiger partial charge in [-0.1, -0.05) is 24.8 Å². The topological polar surface area (TPSA) is 116 Å². The standard InChI is InChI=1S/C30H39N7O3/c1-6-16-31-28-24(21-33-30(35-28)34-25-13-14-26-23(20-25)15-19-40-26)11-8-7-9-17-32-29(39)22(2)37(5)27(38)12-10-18-36(3)4/h10,12-15,19-22H,6-7,9,16-18H2,1-5H3,(H,32,39)(H2,31,33,34,35)/t22-/m0/s1. The molecule has 0 bridgehead atoms. The van der Waals surface area contributed by atoms with Crippen molar-refractivity contribution in [2.24, 2.45) is 0 Å². The van der Waals surface area contributed by atoms with Crippen LogP contribution in [0.1, 0.15) is 38.7 Å². The predicted octanol–water partition coefficient (Wildman–Crippen LogP) is 4.00. The van der Waals surface area contributed by atoms with Crippen molar-refractivity contribution < 1.29 is 14.0 Å². The van der Waals surface area contributed by atoms with E-state index >= 15 is 0 Å². The third-order valence-corrected chi connectivity index (χ3v) is 6.08. The highest BCUT2D eigenvalue weighted by atomic mass is 16.3. The zero-order chi connectivity index (χ0) is 28.9. The summed E-state index contributed by atoms with van der Waals surface area (Å²) in [5.41, 5.74) is 2.40. The molecular formula is C30H39N7O3. The van der Waals surface area contributed by atoms with Crippen molar-refractivity contribution in [2.75, 3.05) is 51.4 Å². The first-order valence-corrected chi connectivity index (χ1v) is 13.5. The van der Waals surface area contributed by atoms with Crippen molar-refractivity contribution in [1.29, 1.82) is 0 Å². The third kappa shape index (κ3) is 9.13. The zero-order valence-corrected chi connectivity index (χ0v) is 24.0. The highest BCUT2D eigenvalue weighted by Gasteiger charge is 2.20. The number of unbranched alkanes of at least 4 members (excludes halogenated alkanes) is 1. The van der Waals surface area contributed by atoms with Gasteiger partial charge in [0.05, 0.1) is 18.0 Å². The van der Waals surface area contributed by atoms with Gasteiger partial charge in [0.1, 0.15) is 17.4 Å². The molecule has 0 fully saturated rings. The van der Waals surface area contributed by atoms with E-state index in [0.29, 0.717) is 43.3 Å². The highest BCUT2D eigenvalue weighted by Crippen LogP contribution is 2.23. The summed E-state index contributed by atoms with van der Waals surface area (Å²) in [6.07, 6.45) is 8.86. The minimum absolute atomic E-state index is 0.195. The number of likely N-dealkylation sites (N-methyl/N-ethyl adjacent to an activating group) is 2. The molecule has 2 amide bonds. The minimum Gasteiger partial charge on any atom is -0.464 e. The number of rotatable bonds is 13. The van der Waals surface area contributed by atoms with E-state index < -0.39 is 6.04 Å². The second kappa shape index (κ2) is 15.3. The monoisotopic (exact) mass is 545 g/mol. The Morgan fingerprint density at radius 1 is 1.18 bits per heavy atom. The molecule has 3 rings (SSSR count). The molecule has 2 aromatic heterocycles. The van der Waals surface area contributed by atoms with E-state index in [0.717, 1.165) is 29.6 Å². The second-order valence-corrected chi connectivity index (χ2v) is 9.67.